The Kier molecular flexibility index (Phi) is 6.18. The van der Waals surface area contributed by atoms with Gasteiger partial charge < -0.3 is 14.7 Å². The van der Waals surface area contributed by atoms with Gasteiger partial charge in [0, 0.05) is 6.54 Å². The van der Waals surface area contributed by atoms with E-state index in [0.717, 1.165) is 12.1 Å². The molecule has 0 heterocycles. The van der Waals surface area contributed by atoms with Crippen LogP contribution in [0.1, 0.15) is 12.5 Å². The van der Waals surface area contributed by atoms with Crippen molar-refractivity contribution >= 4 is 11.8 Å². The second kappa shape index (κ2) is 7.65. The van der Waals surface area contributed by atoms with Crippen molar-refractivity contribution in [1.29, 1.82) is 0 Å². The van der Waals surface area contributed by atoms with Crippen LogP contribution >= 0.6 is 0 Å². The van der Waals surface area contributed by atoms with Gasteiger partial charge in [-0.05, 0) is 45.1 Å². The van der Waals surface area contributed by atoms with Crippen molar-refractivity contribution in [2.45, 2.75) is 13.3 Å². The van der Waals surface area contributed by atoms with E-state index in [0.29, 0.717) is 12.4 Å². The maximum absolute atomic E-state index is 11.3. The topological polar surface area (TPSA) is 66.8 Å². The SMILES string of the molecule is CC(=O)C(Cc1cccc(OCCN(C)C)c1)C(=O)O. The molecule has 110 valence electrons. The Balaban J connectivity index is 2.67. The van der Waals surface area contributed by atoms with Gasteiger partial charge in [0.05, 0.1) is 0 Å². The van der Waals surface area contributed by atoms with E-state index in [1.807, 2.05) is 25.1 Å². The van der Waals surface area contributed by atoms with Crippen molar-refractivity contribution < 1.29 is 19.4 Å². The fourth-order valence-corrected chi connectivity index (χ4v) is 1.75. The summed E-state index contributed by atoms with van der Waals surface area (Å²) in [5.41, 5.74) is 0.787. The third kappa shape index (κ3) is 5.40. The Morgan fingerprint density at radius 1 is 1.35 bits per heavy atom. The van der Waals surface area contributed by atoms with Gasteiger partial charge in [-0.2, -0.15) is 0 Å². The third-order valence-corrected chi connectivity index (χ3v) is 2.93. The second-order valence-corrected chi connectivity index (χ2v) is 5.00. The molecule has 0 amide bonds. The van der Waals surface area contributed by atoms with Crippen LogP contribution in [0.2, 0.25) is 0 Å². The van der Waals surface area contributed by atoms with Gasteiger partial charge in [-0.25, -0.2) is 0 Å². The van der Waals surface area contributed by atoms with E-state index in [9.17, 15) is 9.59 Å². The number of hydrogen-bond donors (Lipinski definition) is 1. The first kappa shape index (κ1) is 16.2. The number of carboxylic acids is 1. The number of carbonyl (C=O) groups is 2. The van der Waals surface area contributed by atoms with E-state index in [1.165, 1.54) is 6.92 Å². The summed E-state index contributed by atoms with van der Waals surface area (Å²) in [6.07, 6.45) is 0.190. The average molecular weight is 279 g/mol. The molecule has 0 fully saturated rings. The average Bonchev–Trinajstić information content (AvgIpc) is 2.35. The van der Waals surface area contributed by atoms with E-state index >= 15 is 0 Å². The van der Waals surface area contributed by atoms with Crippen LogP contribution < -0.4 is 4.74 Å². The molecule has 0 aliphatic carbocycles. The number of likely N-dealkylation sites (N-methyl/N-ethyl adjacent to an activating group) is 1. The van der Waals surface area contributed by atoms with Crippen molar-refractivity contribution in [3.8, 4) is 5.75 Å². The van der Waals surface area contributed by atoms with Crippen LogP contribution in [0.15, 0.2) is 24.3 Å². The van der Waals surface area contributed by atoms with E-state index in [1.54, 1.807) is 18.2 Å². The summed E-state index contributed by atoms with van der Waals surface area (Å²) in [5, 5.41) is 9.02. The molecule has 0 aliphatic rings. The molecule has 5 nitrogen and oxygen atoms in total. The van der Waals surface area contributed by atoms with Crippen molar-refractivity contribution in [3.05, 3.63) is 29.8 Å². The van der Waals surface area contributed by atoms with Crippen LogP contribution in [0.25, 0.3) is 0 Å². The summed E-state index contributed by atoms with van der Waals surface area (Å²) < 4.78 is 5.59. The van der Waals surface area contributed by atoms with Crippen LogP contribution in [-0.2, 0) is 16.0 Å². The van der Waals surface area contributed by atoms with Crippen molar-refractivity contribution in [2.24, 2.45) is 5.92 Å². The predicted octanol–water partition coefficient (Wildman–Crippen LogP) is 1.46. The van der Waals surface area contributed by atoms with E-state index < -0.39 is 11.9 Å². The first-order valence-electron chi connectivity index (χ1n) is 6.50. The summed E-state index contributed by atoms with van der Waals surface area (Å²) in [7, 11) is 3.92. The number of benzene rings is 1. The summed E-state index contributed by atoms with van der Waals surface area (Å²) in [6.45, 7) is 2.66. The van der Waals surface area contributed by atoms with Crippen molar-refractivity contribution in [1.82, 2.24) is 4.90 Å². The highest BCUT2D eigenvalue weighted by Crippen LogP contribution is 2.17. The number of ketones is 1. The number of rotatable bonds is 8. The Bertz CT molecular complexity index is 457. The highest BCUT2D eigenvalue weighted by atomic mass is 16.5. The molecule has 1 aromatic rings. The molecule has 0 spiro atoms. The lowest BCUT2D eigenvalue weighted by Gasteiger charge is -2.13. The number of nitrogens with zero attached hydrogens (tertiary/aromatic N) is 1. The Hall–Kier alpha value is -1.88. The second-order valence-electron chi connectivity index (χ2n) is 5.00. The van der Waals surface area contributed by atoms with Crippen LogP contribution in [0.3, 0.4) is 0 Å². The fourth-order valence-electron chi connectivity index (χ4n) is 1.75. The standard InChI is InChI=1S/C15H21NO4/c1-11(17)14(15(18)19)10-12-5-4-6-13(9-12)20-8-7-16(2)3/h4-6,9,14H,7-8,10H2,1-3H3,(H,18,19). The van der Waals surface area contributed by atoms with Crippen LogP contribution in [0.4, 0.5) is 0 Å². The van der Waals surface area contributed by atoms with Gasteiger partial charge in [0.1, 0.15) is 24.1 Å². The molecule has 1 rings (SSSR count). The van der Waals surface area contributed by atoms with Crippen LogP contribution in [-0.4, -0.2) is 49.0 Å². The maximum Gasteiger partial charge on any atom is 0.314 e. The predicted molar refractivity (Wildman–Crippen MR) is 76.0 cm³/mol. The third-order valence-electron chi connectivity index (χ3n) is 2.93. The number of carbonyl (C=O) groups excluding carboxylic acids is 1. The van der Waals surface area contributed by atoms with E-state index in [-0.39, 0.29) is 12.2 Å². The van der Waals surface area contributed by atoms with Gasteiger partial charge in [-0.15, -0.1) is 0 Å². The molecule has 0 saturated carbocycles. The molecule has 0 bridgehead atoms. The maximum atomic E-state index is 11.3. The Morgan fingerprint density at radius 3 is 2.60 bits per heavy atom. The molecule has 1 aromatic carbocycles. The number of carboxylic acid groups (broad SMARTS) is 1. The minimum atomic E-state index is -1.09. The molecular formula is C15H21NO4. The van der Waals surface area contributed by atoms with E-state index in [2.05, 4.69) is 0 Å². The van der Waals surface area contributed by atoms with E-state index in [4.69, 9.17) is 9.84 Å². The Labute approximate surface area is 119 Å². The summed E-state index contributed by atoms with van der Waals surface area (Å²) >= 11 is 0. The zero-order valence-corrected chi connectivity index (χ0v) is 12.1. The highest BCUT2D eigenvalue weighted by Gasteiger charge is 2.22. The summed E-state index contributed by atoms with van der Waals surface area (Å²) in [5.74, 6) is -1.73. The largest absolute Gasteiger partial charge is 0.492 e. The molecular weight excluding hydrogens is 258 g/mol. The lowest BCUT2D eigenvalue weighted by atomic mass is 9.96. The molecule has 1 N–H and O–H groups in total. The molecule has 5 heteroatoms. The van der Waals surface area contributed by atoms with Gasteiger partial charge >= 0.3 is 5.97 Å². The highest BCUT2D eigenvalue weighted by molar-refractivity contribution is 5.97. The van der Waals surface area contributed by atoms with Crippen molar-refractivity contribution in [3.63, 3.8) is 0 Å². The minimum absolute atomic E-state index is 0.190. The lowest BCUT2D eigenvalue weighted by molar-refractivity contribution is -0.145. The minimum Gasteiger partial charge on any atom is -0.492 e. The smallest absolute Gasteiger partial charge is 0.314 e. The zero-order chi connectivity index (χ0) is 15.1. The zero-order valence-electron chi connectivity index (χ0n) is 12.1. The van der Waals surface area contributed by atoms with Gasteiger partial charge in [-0.1, -0.05) is 12.1 Å². The first-order valence-corrected chi connectivity index (χ1v) is 6.50. The van der Waals surface area contributed by atoms with Gasteiger partial charge in [0.25, 0.3) is 0 Å². The van der Waals surface area contributed by atoms with Crippen molar-refractivity contribution in [2.75, 3.05) is 27.2 Å². The van der Waals surface area contributed by atoms with Gasteiger partial charge in [0.2, 0.25) is 0 Å². The van der Waals surface area contributed by atoms with Crippen LogP contribution in [0.5, 0.6) is 5.75 Å². The molecule has 20 heavy (non-hydrogen) atoms. The number of Topliss-reactive ketones (excluding diaryl/α,β-unsaturated/α-hetero) is 1. The fraction of sp³-hybridized carbons (Fsp3) is 0.467. The van der Waals surface area contributed by atoms with Crippen LogP contribution in [0, 0.1) is 5.92 Å². The monoisotopic (exact) mass is 279 g/mol. The molecule has 0 saturated heterocycles. The first-order chi connectivity index (χ1) is 9.40. The lowest BCUT2D eigenvalue weighted by Crippen LogP contribution is -2.23. The molecule has 0 aromatic heterocycles. The molecule has 0 radical (unpaired) electrons. The molecule has 0 aliphatic heterocycles. The molecule has 1 atom stereocenters. The normalized spacial score (nSPS) is 12.2. The summed E-state index contributed by atoms with van der Waals surface area (Å²) in [6, 6.07) is 7.22. The quantitative estimate of drug-likeness (QED) is 0.730. The van der Waals surface area contributed by atoms with Gasteiger partial charge in [0.15, 0.2) is 0 Å². The molecule has 1 unspecified atom stereocenters. The number of aliphatic carboxylic acids is 1. The Morgan fingerprint density at radius 2 is 2.05 bits per heavy atom. The number of hydrogen-bond acceptors (Lipinski definition) is 4. The number of ether oxygens (including phenoxy) is 1. The summed E-state index contributed by atoms with van der Waals surface area (Å²) in [4.78, 5) is 24.3. The van der Waals surface area contributed by atoms with Gasteiger partial charge in [-0.3, -0.25) is 9.59 Å².